The van der Waals surface area contributed by atoms with Gasteiger partial charge in [0.25, 0.3) is 0 Å². The molecule has 0 aromatic rings. The molecule has 0 saturated heterocycles. The molecule has 1 aliphatic carbocycles. The summed E-state index contributed by atoms with van der Waals surface area (Å²) < 4.78 is 24.6. The fourth-order valence-corrected chi connectivity index (χ4v) is 5.08. The maximum Gasteiger partial charge on any atom is 0.154 e. The van der Waals surface area contributed by atoms with Gasteiger partial charge < -0.3 is 5.32 Å². The van der Waals surface area contributed by atoms with E-state index in [2.05, 4.69) is 19.2 Å². The number of sulfone groups is 1. The Bertz CT molecular complexity index is 313. The Hall–Kier alpha value is -0.0900. The lowest BCUT2D eigenvalue weighted by molar-refractivity contribution is 0.290. The average molecular weight is 261 g/mol. The molecular weight excluding hydrogens is 234 g/mol. The van der Waals surface area contributed by atoms with Gasteiger partial charge in [-0.05, 0) is 38.1 Å². The van der Waals surface area contributed by atoms with Gasteiger partial charge in [0.2, 0.25) is 0 Å². The van der Waals surface area contributed by atoms with E-state index in [1.807, 2.05) is 6.92 Å². The largest absolute Gasteiger partial charge is 0.313 e. The second-order valence-electron chi connectivity index (χ2n) is 5.16. The molecule has 1 N–H and O–H groups in total. The molecule has 0 aliphatic heterocycles. The first-order chi connectivity index (χ1) is 8.05. The van der Waals surface area contributed by atoms with Crippen molar-refractivity contribution in [3.63, 3.8) is 0 Å². The topological polar surface area (TPSA) is 46.2 Å². The van der Waals surface area contributed by atoms with E-state index in [1.54, 1.807) is 0 Å². The van der Waals surface area contributed by atoms with Crippen LogP contribution in [0.15, 0.2) is 0 Å². The number of rotatable bonds is 6. The standard InChI is InChI=1S/C13H27NO2S/c1-4-9-17(15,16)13-10-11(5-2)7-8-12(13)14-6-3/h11-14H,4-10H2,1-3H3. The zero-order valence-electron chi connectivity index (χ0n) is 11.4. The summed E-state index contributed by atoms with van der Waals surface area (Å²) >= 11 is 0. The molecule has 0 radical (unpaired) electrons. The van der Waals surface area contributed by atoms with Gasteiger partial charge >= 0.3 is 0 Å². The molecule has 1 aliphatic rings. The first-order valence-corrected chi connectivity index (χ1v) is 8.71. The van der Waals surface area contributed by atoms with Crippen molar-refractivity contribution >= 4 is 9.84 Å². The molecule has 0 aromatic heterocycles. The highest BCUT2D eigenvalue weighted by Gasteiger charge is 2.37. The third-order valence-electron chi connectivity index (χ3n) is 3.89. The van der Waals surface area contributed by atoms with Gasteiger partial charge in [0.05, 0.1) is 11.0 Å². The van der Waals surface area contributed by atoms with Crippen LogP contribution in [-0.4, -0.2) is 32.0 Å². The first kappa shape index (κ1) is 15.0. The van der Waals surface area contributed by atoms with Gasteiger partial charge in [-0.15, -0.1) is 0 Å². The van der Waals surface area contributed by atoms with Gasteiger partial charge in [0.1, 0.15) is 0 Å². The highest BCUT2D eigenvalue weighted by molar-refractivity contribution is 7.92. The van der Waals surface area contributed by atoms with Gasteiger partial charge in [0.15, 0.2) is 9.84 Å². The van der Waals surface area contributed by atoms with E-state index in [4.69, 9.17) is 0 Å². The third kappa shape index (κ3) is 3.95. The summed E-state index contributed by atoms with van der Waals surface area (Å²) in [7, 11) is -2.91. The zero-order chi connectivity index (χ0) is 12.9. The highest BCUT2D eigenvalue weighted by atomic mass is 32.2. The average Bonchev–Trinajstić information content (AvgIpc) is 2.29. The van der Waals surface area contributed by atoms with Crippen LogP contribution < -0.4 is 5.32 Å². The second kappa shape index (κ2) is 6.74. The van der Waals surface area contributed by atoms with Crippen LogP contribution in [0.5, 0.6) is 0 Å². The SMILES string of the molecule is CCCS(=O)(=O)C1CC(CC)CCC1NCC. The van der Waals surface area contributed by atoms with E-state index in [9.17, 15) is 8.42 Å². The first-order valence-electron chi connectivity index (χ1n) is 7.00. The Labute approximate surface area is 106 Å². The molecule has 0 aromatic carbocycles. The normalized spacial score (nSPS) is 30.4. The Balaban J connectivity index is 2.79. The summed E-state index contributed by atoms with van der Waals surface area (Å²) in [5.74, 6) is 0.942. The summed E-state index contributed by atoms with van der Waals surface area (Å²) in [5.41, 5.74) is 0. The summed E-state index contributed by atoms with van der Waals surface area (Å²) in [6.07, 6.45) is 4.88. The van der Waals surface area contributed by atoms with Crippen molar-refractivity contribution in [2.24, 2.45) is 5.92 Å². The number of hydrogen-bond acceptors (Lipinski definition) is 3. The minimum Gasteiger partial charge on any atom is -0.313 e. The van der Waals surface area contributed by atoms with Crippen LogP contribution in [-0.2, 0) is 9.84 Å². The Morgan fingerprint density at radius 1 is 1.18 bits per heavy atom. The lowest BCUT2D eigenvalue weighted by Gasteiger charge is -2.36. The van der Waals surface area contributed by atoms with E-state index >= 15 is 0 Å². The second-order valence-corrected chi connectivity index (χ2v) is 7.50. The predicted octanol–water partition coefficient (Wildman–Crippen LogP) is 2.37. The Kier molecular flexibility index (Phi) is 5.93. The van der Waals surface area contributed by atoms with E-state index in [0.717, 1.165) is 32.2 Å². The van der Waals surface area contributed by atoms with E-state index in [-0.39, 0.29) is 11.3 Å². The zero-order valence-corrected chi connectivity index (χ0v) is 12.2. The maximum atomic E-state index is 12.3. The molecule has 4 heteroatoms. The molecule has 3 unspecified atom stereocenters. The van der Waals surface area contributed by atoms with Crippen LogP contribution in [0.3, 0.4) is 0 Å². The maximum absolute atomic E-state index is 12.3. The lowest BCUT2D eigenvalue weighted by Crippen LogP contribution is -2.48. The number of hydrogen-bond donors (Lipinski definition) is 1. The van der Waals surface area contributed by atoms with Crippen molar-refractivity contribution in [1.82, 2.24) is 5.32 Å². The molecular formula is C13H27NO2S. The third-order valence-corrected chi connectivity index (χ3v) is 6.31. The van der Waals surface area contributed by atoms with Crippen molar-refractivity contribution in [2.45, 2.75) is 64.2 Å². The molecule has 3 atom stereocenters. The van der Waals surface area contributed by atoms with Crippen molar-refractivity contribution in [3.05, 3.63) is 0 Å². The quantitative estimate of drug-likeness (QED) is 0.798. The molecule has 0 amide bonds. The Morgan fingerprint density at radius 3 is 2.41 bits per heavy atom. The van der Waals surface area contributed by atoms with Crippen molar-refractivity contribution in [1.29, 1.82) is 0 Å². The van der Waals surface area contributed by atoms with Crippen LogP contribution >= 0.6 is 0 Å². The van der Waals surface area contributed by atoms with E-state index in [1.165, 1.54) is 6.42 Å². The highest BCUT2D eigenvalue weighted by Crippen LogP contribution is 2.31. The number of nitrogens with one attached hydrogen (secondary N) is 1. The van der Waals surface area contributed by atoms with Crippen LogP contribution in [0.1, 0.15) is 52.9 Å². The van der Waals surface area contributed by atoms with Gasteiger partial charge in [-0.1, -0.05) is 27.2 Å². The van der Waals surface area contributed by atoms with Crippen molar-refractivity contribution in [3.8, 4) is 0 Å². The summed E-state index contributed by atoms with van der Waals surface area (Å²) in [6.45, 7) is 7.02. The molecule has 3 nitrogen and oxygen atoms in total. The monoisotopic (exact) mass is 261 g/mol. The van der Waals surface area contributed by atoms with Gasteiger partial charge in [0, 0.05) is 6.04 Å². The van der Waals surface area contributed by atoms with Crippen molar-refractivity contribution in [2.75, 3.05) is 12.3 Å². The molecule has 102 valence electrons. The van der Waals surface area contributed by atoms with E-state index in [0.29, 0.717) is 11.7 Å². The lowest BCUT2D eigenvalue weighted by atomic mass is 9.84. The molecule has 0 heterocycles. The molecule has 0 spiro atoms. The summed E-state index contributed by atoms with van der Waals surface area (Å²) in [4.78, 5) is 0. The molecule has 1 fully saturated rings. The summed E-state index contributed by atoms with van der Waals surface area (Å²) in [6, 6.07) is 0.180. The molecule has 1 saturated carbocycles. The Morgan fingerprint density at radius 2 is 1.88 bits per heavy atom. The molecule has 1 rings (SSSR count). The van der Waals surface area contributed by atoms with Crippen LogP contribution in [0.4, 0.5) is 0 Å². The fourth-order valence-electron chi connectivity index (χ4n) is 2.91. The van der Waals surface area contributed by atoms with Crippen LogP contribution in [0.2, 0.25) is 0 Å². The smallest absolute Gasteiger partial charge is 0.154 e. The van der Waals surface area contributed by atoms with Gasteiger partial charge in [-0.25, -0.2) is 8.42 Å². The summed E-state index contributed by atoms with van der Waals surface area (Å²) in [5, 5.41) is 3.21. The van der Waals surface area contributed by atoms with Crippen LogP contribution in [0.25, 0.3) is 0 Å². The van der Waals surface area contributed by atoms with Crippen LogP contribution in [0, 0.1) is 5.92 Å². The van der Waals surface area contributed by atoms with E-state index < -0.39 is 9.84 Å². The van der Waals surface area contributed by atoms with Gasteiger partial charge in [-0.3, -0.25) is 0 Å². The van der Waals surface area contributed by atoms with Crippen molar-refractivity contribution < 1.29 is 8.42 Å². The minimum atomic E-state index is -2.91. The van der Waals surface area contributed by atoms with Gasteiger partial charge in [-0.2, -0.15) is 0 Å². The fraction of sp³-hybridized carbons (Fsp3) is 1.00. The minimum absolute atomic E-state index is 0.152. The molecule has 0 bridgehead atoms. The molecule has 17 heavy (non-hydrogen) atoms. The predicted molar refractivity (Wildman–Crippen MR) is 73.0 cm³/mol.